The summed E-state index contributed by atoms with van der Waals surface area (Å²) < 4.78 is 13.5. The summed E-state index contributed by atoms with van der Waals surface area (Å²) in [7, 11) is 0. The Balaban J connectivity index is 1.53. The van der Waals surface area contributed by atoms with E-state index < -0.39 is 0 Å². The molecule has 1 aromatic heterocycles. The molecule has 4 rings (SSSR count). The molecule has 2 N–H and O–H groups in total. The fraction of sp³-hybridized carbons (Fsp3) is 0.273. The third kappa shape index (κ3) is 4.68. The van der Waals surface area contributed by atoms with Gasteiger partial charge in [0.15, 0.2) is 17.5 Å². The lowest BCUT2D eigenvalue weighted by Gasteiger charge is -2.14. The first-order chi connectivity index (χ1) is 14.3. The fourth-order valence-electron chi connectivity index (χ4n) is 3.15. The van der Waals surface area contributed by atoms with Crippen LogP contribution < -0.4 is 20.1 Å². The van der Waals surface area contributed by atoms with Crippen LogP contribution in [0.5, 0.6) is 11.5 Å². The van der Waals surface area contributed by atoms with Crippen molar-refractivity contribution in [2.75, 3.05) is 25.1 Å². The zero-order valence-corrected chi connectivity index (χ0v) is 16.5. The van der Waals surface area contributed by atoms with E-state index in [4.69, 9.17) is 14.5 Å². The number of fused-ring (bicyclic) bond motifs is 1. The number of nitrogens with one attached hydrogen (secondary N) is 2. The summed E-state index contributed by atoms with van der Waals surface area (Å²) in [6, 6.07) is 14.0. The number of hydrogen-bond donors (Lipinski definition) is 2. The van der Waals surface area contributed by atoms with Crippen molar-refractivity contribution in [1.82, 2.24) is 14.9 Å². The molecule has 0 aliphatic carbocycles. The van der Waals surface area contributed by atoms with Gasteiger partial charge in [-0.3, -0.25) is 0 Å². The molecule has 0 fully saturated rings. The maximum absolute atomic E-state index is 5.78. The summed E-state index contributed by atoms with van der Waals surface area (Å²) in [5.74, 6) is 2.25. The predicted molar refractivity (Wildman–Crippen MR) is 114 cm³/mol. The fourth-order valence-corrected chi connectivity index (χ4v) is 3.15. The van der Waals surface area contributed by atoms with E-state index in [0.717, 1.165) is 41.4 Å². The number of ether oxygens (including phenoxy) is 2. The summed E-state index contributed by atoms with van der Waals surface area (Å²) in [5, 5.41) is 6.65. The number of guanidine groups is 1. The van der Waals surface area contributed by atoms with Gasteiger partial charge in [-0.2, -0.15) is 0 Å². The number of aromatic nitrogens is 2. The molecule has 2 aromatic carbocycles. The van der Waals surface area contributed by atoms with Crippen LogP contribution in [-0.2, 0) is 6.54 Å². The highest BCUT2D eigenvalue weighted by Gasteiger charge is 2.11. The van der Waals surface area contributed by atoms with E-state index in [1.807, 2.05) is 48.0 Å². The van der Waals surface area contributed by atoms with Crippen molar-refractivity contribution in [3.8, 4) is 17.2 Å². The minimum Gasteiger partial charge on any atom is -0.490 e. The van der Waals surface area contributed by atoms with E-state index in [2.05, 4.69) is 27.8 Å². The van der Waals surface area contributed by atoms with Crippen molar-refractivity contribution in [3.05, 3.63) is 66.7 Å². The van der Waals surface area contributed by atoms with Crippen LogP contribution in [0.4, 0.5) is 5.69 Å². The van der Waals surface area contributed by atoms with E-state index in [9.17, 15) is 0 Å². The molecule has 7 heteroatoms. The van der Waals surface area contributed by atoms with Gasteiger partial charge in [0.05, 0.1) is 31.8 Å². The normalized spacial score (nSPS) is 13.6. The molecule has 0 saturated carbocycles. The Hall–Kier alpha value is -3.48. The number of rotatable bonds is 5. The van der Waals surface area contributed by atoms with Gasteiger partial charge in [0.2, 0.25) is 0 Å². The average Bonchev–Trinajstić information content (AvgIpc) is 3.18. The lowest BCUT2D eigenvalue weighted by atomic mass is 10.2. The topological polar surface area (TPSA) is 72.7 Å². The van der Waals surface area contributed by atoms with Crippen molar-refractivity contribution in [3.63, 3.8) is 0 Å². The number of anilines is 1. The standard InChI is InChI=1S/C22H25N5O2/c1-2-24-22(26-18-8-9-20-21(14-18)29-13-5-12-28-20)25-15-17-6-3-4-7-19(17)27-11-10-23-16-27/h3-4,6-11,14,16H,2,5,12-13,15H2,1H3,(H2,24,25,26). The second-order valence-electron chi connectivity index (χ2n) is 6.63. The first-order valence-corrected chi connectivity index (χ1v) is 9.84. The van der Waals surface area contributed by atoms with Crippen LogP contribution in [-0.4, -0.2) is 35.3 Å². The third-order valence-electron chi connectivity index (χ3n) is 4.54. The highest BCUT2D eigenvalue weighted by atomic mass is 16.5. The van der Waals surface area contributed by atoms with E-state index >= 15 is 0 Å². The van der Waals surface area contributed by atoms with Crippen LogP contribution in [0.3, 0.4) is 0 Å². The molecular formula is C22H25N5O2. The van der Waals surface area contributed by atoms with Gasteiger partial charge >= 0.3 is 0 Å². The third-order valence-corrected chi connectivity index (χ3v) is 4.54. The monoisotopic (exact) mass is 391 g/mol. The Morgan fingerprint density at radius 1 is 1.14 bits per heavy atom. The van der Waals surface area contributed by atoms with Gasteiger partial charge in [-0.25, -0.2) is 9.98 Å². The zero-order chi connectivity index (χ0) is 19.9. The maximum Gasteiger partial charge on any atom is 0.196 e. The van der Waals surface area contributed by atoms with Crippen molar-refractivity contribution in [2.45, 2.75) is 19.9 Å². The molecule has 3 aromatic rings. The Bertz CT molecular complexity index is 969. The summed E-state index contributed by atoms with van der Waals surface area (Å²) in [4.78, 5) is 8.91. The molecule has 1 aliphatic rings. The van der Waals surface area contributed by atoms with Crippen molar-refractivity contribution in [1.29, 1.82) is 0 Å². The van der Waals surface area contributed by atoms with Crippen LogP contribution in [0.1, 0.15) is 18.9 Å². The van der Waals surface area contributed by atoms with E-state index in [1.165, 1.54) is 0 Å². The average molecular weight is 391 g/mol. The molecule has 29 heavy (non-hydrogen) atoms. The summed E-state index contributed by atoms with van der Waals surface area (Å²) >= 11 is 0. The first-order valence-electron chi connectivity index (χ1n) is 9.84. The molecule has 150 valence electrons. The number of aliphatic imine (C=N–C) groups is 1. The molecule has 0 saturated heterocycles. The lowest BCUT2D eigenvalue weighted by Crippen LogP contribution is -2.30. The van der Waals surface area contributed by atoms with Crippen LogP contribution in [0.25, 0.3) is 5.69 Å². The molecule has 0 unspecified atom stereocenters. The van der Waals surface area contributed by atoms with Crippen LogP contribution in [0, 0.1) is 0 Å². The van der Waals surface area contributed by atoms with Crippen molar-refractivity contribution >= 4 is 11.6 Å². The Kier molecular flexibility index (Phi) is 5.95. The first kappa shape index (κ1) is 18.9. The zero-order valence-electron chi connectivity index (χ0n) is 16.5. The number of hydrogen-bond acceptors (Lipinski definition) is 4. The van der Waals surface area contributed by atoms with Gasteiger partial charge < -0.3 is 24.7 Å². The van der Waals surface area contributed by atoms with Gasteiger partial charge in [0.1, 0.15) is 0 Å². The molecular weight excluding hydrogens is 366 g/mol. The van der Waals surface area contributed by atoms with Crippen molar-refractivity contribution in [2.24, 2.45) is 4.99 Å². The predicted octanol–water partition coefficient (Wildman–Crippen LogP) is 3.61. The molecule has 0 radical (unpaired) electrons. The second kappa shape index (κ2) is 9.14. The second-order valence-corrected chi connectivity index (χ2v) is 6.63. The highest BCUT2D eigenvalue weighted by Crippen LogP contribution is 2.32. The maximum atomic E-state index is 5.78. The summed E-state index contributed by atoms with van der Waals surface area (Å²) in [5.41, 5.74) is 3.08. The van der Waals surface area contributed by atoms with Gasteiger partial charge in [-0.15, -0.1) is 0 Å². The van der Waals surface area contributed by atoms with Crippen LogP contribution in [0.2, 0.25) is 0 Å². The quantitative estimate of drug-likeness (QED) is 0.513. The summed E-state index contributed by atoms with van der Waals surface area (Å²) in [6.07, 6.45) is 6.39. The van der Waals surface area contributed by atoms with Gasteiger partial charge in [-0.1, -0.05) is 18.2 Å². The molecule has 1 aliphatic heterocycles. The lowest BCUT2D eigenvalue weighted by molar-refractivity contribution is 0.297. The number of para-hydroxylation sites is 1. The smallest absolute Gasteiger partial charge is 0.196 e. The van der Waals surface area contributed by atoms with E-state index in [-0.39, 0.29) is 0 Å². The van der Waals surface area contributed by atoms with Crippen molar-refractivity contribution < 1.29 is 9.47 Å². The van der Waals surface area contributed by atoms with Crippen LogP contribution in [0.15, 0.2) is 66.2 Å². The SMILES string of the molecule is CCNC(=NCc1ccccc1-n1ccnc1)Nc1ccc2c(c1)OCCCO2. The minimum absolute atomic E-state index is 0.536. The van der Waals surface area contributed by atoms with Gasteiger partial charge in [0, 0.05) is 37.1 Å². The Morgan fingerprint density at radius 2 is 2.00 bits per heavy atom. The number of nitrogens with zero attached hydrogens (tertiary/aromatic N) is 3. The number of benzene rings is 2. The molecule has 0 atom stereocenters. The van der Waals surface area contributed by atoms with Crippen LogP contribution >= 0.6 is 0 Å². The molecule has 0 bridgehead atoms. The molecule has 0 amide bonds. The van der Waals surface area contributed by atoms with E-state index in [0.29, 0.717) is 25.7 Å². The largest absolute Gasteiger partial charge is 0.490 e. The summed E-state index contributed by atoms with van der Waals surface area (Å²) in [6.45, 7) is 4.69. The van der Waals surface area contributed by atoms with Gasteiger partial charge in [0.25, 0.3) is 0 Å². The Labute approximate surface area is 170 Å². The minimum atomic E-state index is 0.536. The Morgan fingerprint density at radius 3 is 2.83 bits per heavy atom. The number of imidazole rings is 1. The van der Waals surface area contributed by atoms with Gasteiger partial charge in [-0.05, 0) is 30.7 Å². The van der Waals surface area contributed by atoms with E-state index in [1.54, 1.807) is 12.5 Å². The molecule has 7 nitrogen and oxygen atoms in total. The molecule has 0 spiro atoms. The highest BCUT2D eigenvalue weighted by molar-refractivity contribution is 5.94. The molecule has 2 heterocycles.